The van der Waals surface area contributed by atoms with Gasteiger partial charge in [0.1, 0.15) is 0 Å². The molecule has 7 nitrogen and oxygen atoms in total. The highest BCUT2D eigenvalue weighted by Gasteiger charge is 2.29. The molecule has 1 aliphatic heterocycles. The first-order valence-corrected chi connectivity index (χ1v) is 9.20. The van der Waals surface area contributed by atoms with Gasteiger partial charge >= 0.3 is 0 Å². The lowest BCUT2D eigenvalue weighted by atomic mass is 10.2. The quantitative estimate of drug-likeness (QED) is 0.562. The maximum Gasteiger partial charge on any atom is 0.240 e. The maximum absolute atomic E-state index is 12.9. The van der Waals surface area contributed by atoms with Gasteiger partial charge in [0.15, 0.2) is 5.82 Å². The average Bonchev–Trinajstić information content (AvgIpc) is 3.26. The van der Waals surface area contributed by atoms with Gasteiger partial charge in [-0.3, -0.25) is 9.78 Å². The van der Waals surface area contributed by atoms with E-state index in [1.54, 1.807) is 12.4 Å². The van der Waals surface area contributed by atoms with Crippen molar-refractivity contribution < 1.29 is 4.79 Å². The molecule has 3 aromatic rings. The minimum absolute atomic E-state index is 0.0471. The molecule has 26 heavy (non-hydrogen) atoms. The number of hydrogen-bond acceptors (Lipinski definition) is 6. The van der Waals surface area contributed by atoms with E-state index in [4.69, 9.17) is 5.84 Å². The third-order valence-corrected chi connectivity index (χ3v) is 5.41. The molecule has 8 heteroatoms. The predicted molar refractivity (Wildman–Crippen MR) is 101 cm³/mol. The van der Waals surface area contributed by atoms with Gasteiger partial charge in [-0.15, -0.1) is 10.2 Å². The number of anilines is 1. The van der Waals surface area contributed by atoms with Gasteiger partial charge in [0, 0.05) is 30.2 Å². The van der Waals surface area contributed by atoms with Crippen molar-refractivity contribution in [3.05, 3.63) is 54.4 Å². The molecule has 1 atom stereocenters. The molecule has 3 heterocycles. The van der Waals surface area contributed by atoms with Crippen molar-refractivity contribution >= 4 is 23.4 Å². The lowest BCUT2D eigenvalue weighted by Gasteiger charge is -2.21. The number of benzene rings is 1. The number of nitrogens with zero attached hydrogens (tertiary/aromatic N) is 5. The van der Waals surface area contributed by atoms with Crippen molar-refractivity contribution in [1.82, 2.24) is 19.9 Å². The van der Waals surface area contributed by atoms with E-state index in [-0.39, 0.29) is 11.2 Å². The van der Waals surface area contributed by atoms with Crippen LogP contribution < -0.4 is 10.7 Å². The Morgan fingerprint density at radius 1 is 1.23 bits per heavy atom. The number of nitrogens with two attached hydrogens (primary N) is 1. The van der Waals surface area contributed by atoms with E-state index >= 15 is 0 Å². The molecule has 0 radical (unpaired) electrons. The third-order valence-electron chi connectivity index (χ3n) is 4.37. The van der Waals surface area contributed by atoms with E-state index in [9.17, 15) is 4.79 Å². The molecule has 0 spiro atoms. The summed E-state index contributed by atoms with van der Waals surface area (Å²) >= 11 is 1.31. The SMILES string of the molecule is C[C@@H](Sc1nnc(-c2cccnc2)n1N)C(=O)N1CCc2ccccc21. The monoisotopic (exact) mass is 366 g/mol. The summed E-state index contributed by atoms with van der Waals surface area (Å²) in [5.41, 5.74) is 2.98. The predicted octanol–water partition coefficient (Wildman–Crippen LogP) is 2.12. The highest BCUT2D eigenvalue weighted by molar-refractivity contribution is 8.00. The number of rotatable bonds is 4. The zero-order valence-corrected chi connectivity index (χ0v) is 15.1. The minimum Gasteiger partial charge on any atom is -0.335 e. The third kappa shape index (κ3) is 2.92. The Balaban J connectivity index is 1.52. The lowest BCUT2D eigenvalue weighted by molar-refractivity contribution is -0.117. The molecule has 4 rings (SSSR count). The largest absolute Gasteiger partial charge is 0.335 e. The van der Waals surface area contributed by atoms with Crippen LogP contribution in [0, 0.1) is 0 Å². The molecule has 0 bridgehead atoms. The van der Waals surface area contributed by atoms with E-state index in [0.717, 1.165) is 17.7 Å². The summed E-state index contributed by atoms with van der Waals surface area (Å²) in [5, 5.41) is 8.44. The Morgan fingerprint density at radius 2 is 2.08 bits per heavy atom. The fraction of sp³-hybridized carbons (Fsp3) is 0.222. The normalized spacial score (nSPS) is 14.3. The van der Waals surface area contributed by atoms with Gasteiger partial charge in [0.25, 0.3) is 0 Å². The van der Waals surface area contributed by atoms with E-state index in [1.807, 2.05) is 42.2 Å². The summed E-state index contributed by atoms with van der Waals surface area (Å²) in [4.78, 5) is 18.8. The van der Waals surface area contributed by atoms with Crippen molar-refractivity contribution in [2.75, 3.05) is 17.3 Å². The number of fused-ring (bicyclic) bond motifs is 1. The van der Waals surface area contributed by atoms with Crippen molar-refractivity contribution in [3.63, 3.8) is 0 Å². The number of para-hydroxylation sites is 1. The van der Waals surface area contributed by atoms with E-state index in [2.05, 4.69) is 21.2 Å². The van der Waals surface area contributed by atoms with Crippen molar-refractivity contribution in [2.24, 2.45) is 0 Å². The Kier molecular flexibility index (Phi) is 4.34. The highest BCUT2D eigenvalue weighted by atomic mass is 32.2. The van der Waals surface area contributed by atoms with Crippen LogP contribution in [-0.2, 0) is 11.2 Å². The van der Waals surface area contributed by atoms with Crippen LogP contribution in [0.5, 0.6) is 0 Å². The molecule has 0 saturated carbocycles. The smallest absolute Gasteiger partial charge is 0.240 e. The Hall–Kier alpha value is -2.87. The lowest BCUT2D eigenvalue weighted by Crippen LogP contribution is -2.35. The molecule has 0 aliphatic carbocycles. The van der Waals surface area contributed by atoms with E-state index in [0.29, 0.717) is 17.5 Å². The van der Waals surface area contributed by atoms with Gasteiger partial charge < -0.3 is 10.7 Å². The van der Waals surface area contributed by atoms with Gasteiger partial charge in [-0.25, -0.2) is 4.68 Å². The number of pyridine rings is 1. The van der Waals surface area contributed by atoms with Crippen LogP contribution in [0.1, 0.15) is 12.5 Å². The summed E-state index contributed by atoms with van der Waals surface area (Å²) < 4.78 is 1.41. The van der Waals surface area contributed by atoms with Crippen LogP contribution in [0.2, 0.25) is 0 Å². The molecule has 2 aromatic heterocycles. The summed E-state index contributed by atoms with van der Waals surface area (Å²) in [6.07, 6.45) is 4.25. The fourth-order valence-electron chi connectivity index (χ4n) is 3.04. The number of nitrogen functional groups attached to an aromatic ring is 1. The highest BCUT2D eigenvalue weighted by Crippen LogP contribution is 2.31. The number of amides is 1. The van der Waals surface area contributed by atoms with Crippen LogP contribution in [0.15, 0.2) is 53.9 Å². The standard InChI is InChI=1S/C18H18N6OS/c1-12(17(25)23-10-8-13-5-2-3-7-15(13)23)26-18-22-21-16(24(18)19)14-6-4-9-20-11-14/h2-7,9,11-12H,8,10,19H2,1H3/t12-/m1/s1. The number of carbonyl (C=O) groups excluding carboxylic acids is 1. The Bertz CT molecular complexity index is 942. The second-order valence-corrected chi connectivity index (χ2v) is 7.35. The molecule has 2 N–H and O–H groups in total. The van der Waals surface area contributed by atoms with Gasteiger partial charge in [-0.2, -0.15) is 0 Å². The molecular weight excluding hydrogens is 348 g/mol. The molecular formula is C18H18N6OS. The zero-order valence-electron chi connectivity index (χ0n) is 14.2. The summed E-state index contributed by atoms with van der Waals surface area (Å²) in [5.74, 6) is 6.70. The zero-order chi connectivity index (χ0) is 18.1. The second-order valence-electron chi connectivity index (χ2n) is 6.05. The summed E-state index contributed by atoms with van der Waals surface area (Å²) in [6.45, 7) is 2.58. The number of aromatic nitrogens is 4. The fourth-order valence-corrected chi connectivity index (χ4v) is 3.88. The van der Waals surface area contributed by atoms with Crippen LogP contribution in [0.3, 0.4) is 0 Å². The minimum atomic E-state index is -0.325. The van der Waals surface area contributed by atoms with Gasteiger partial charge in [-0.05, 0) is 37.1 Å². The summed E-state index contributed by atoms with van der Waals surface area (Å²) in [7, 11) is 0. The molecule has 0 fully saturated rings. The van der Waals surface area contributed by atoms with Crippen LogP contribution in [0.4, 0.5) is 5.69 Å². The molecule has 1 amide bonds. The Morgan fingerprint density at radius 3 is 2.88 bits per heavy atom. The molecule has 0 saturated heterocycles. The van der Waals surface area contributed by atoms with Gasteiger partial charge in [-0.1, -0.05) is 30.0 Å². The average molecular weight is 366 g/mol. The van der Waals surface area contributed by atoms with E-state index in [1.165, 1.54) is 22.0 Å². The molecule has 1 aromatic carbocycles. The first-order valence-electron chi connectivity index (χ1n) is 8.32. The van der Waals surface area contributed by atoms with Gasteiger partial charge in [0.05, 0.1) is 5.25 Å². The number of hydrogen-bond donors (Lipinski definition) is 1. The van der Waals surface area contributed by atoms with Gasteiger partial charge in [0.2, 0.25) is 11.1 Å². The van der Waals surface area contributed by atoms with Crippen molar-refractivity contribution in [2.45, 2.75) is 23.8 Å². The van der Waals surface area contributed by atoms with E-state index < -0.39 is 0 Å². The van der Waals surface area contributed by atoms with Crippen LogP contribution in [0.25, 0.3) is 11.4 Å². The number of carbonyl (C=O) groups is 1. The summed E-state index contributed by atoms with van der Waals surface area (Å²) in [6, 6.07) is 11.7. The Labute approximate surface area is 155 Å². The molecule has 0 unspecified atom stereocenters. The first kappa shape index (κ1) is 16.6. The number of thioether (sulfide) groups is 1. The van der Waals surface area contributed by atoms with Crippen molar-refractivity contribution in [1.29, 1.82) is 0 Å². The first-order chi connectivity index (χ1) is 12.6. The van der Waals surface area contributed by atoms with Crippen molar-refractivity contribution in [3.8, 4) is 11.4 Å². The molecule has 132 valence electrons. The second kappa shape index (κ2) is 6.80. The topological polar surface area (TPSA) is 89.9 Å². The molecule has 1 aliphatic rings. The van der Waals surface area contributed by atoms with Crippen LogP contribution in [-0.4, -0.2) is 37.6 Å². The maximum atomic E-state index is 12.9. The van der Waals surface area contributed by atoms with Crippen LogP contribution >= 0.6 is 11.8 Å².